The monoisotopic (exact) mass is 458 g/mol. The van der Waals surface area contributed by atoms with Crippen molar-refractivity contribution in [3.63, 3.8) is 0 Å². The van der Waals surface area contributed by atoms with E-state index in [1.165, 1.54) is 10.6 Å². The van der Waals surface area contributed by atoms with Crippen LogP contribution in [0.5, 0.6) is 0 Å². The number of aliphatic carboxylic acids is 1. The molecule has 0 bridgehead atoms. The molecule has 1 aromatic heterocycles. The van der Waals surface area contributed by atoms with Gasteiger partial charge in [-0.05, 0) is 18.4 Å². The van der Waals surface area contributed by atoms with Gasteiger partial charge >= 0.3 is 12.1 Å². The molecule has 1 atom stereocenters. The van der Waals surface area contributed by atoms with Crippen LogP contribution in [0, 0.1) is 0 Å². The quantitative estimate of drug-likeness (QED) is 0.727. The number of carbonyl (C=O) groups is 1. The number of alkyl halides is 3. The van der Waals surface area contributed by atoms with Gasteiger partial charge in [0.25, 0.3) is 0 Å². The normalized spacial score (nSPS) is 20.9. The van der Waals surface area contributed by atoms with Gasteiger partial charge in [0, 0.05) is 31.1 Å². The summed E-state index contributed by atoms with van der Waals surface area (Å²) in [6.07, 6.45) is 0.272. The van der Waals surface area contributed by atoms with Gasteiger partial charge in [-0.3, -0.25) is 4.90 Å². The number of carboxylic acids is 1. The van der Waals surface area contributed by atoms with Crippen molar-refractivity contribution < 1.29 is 32.5 Å². The number of hydrogen-bond acceptors (Lipinski definition) is 6. The van der Waals surface area contributed by atoms with E-state index in [2.05, 4.69) is 39.5 Å². The molecule has 170 valence electrons. The Morgan fingerprint density at radius 1 is 1.29 bits per heavy atom. The molecule has 6 nitrogen and oxygen atoms in total. The van der Waals surface area contributed by atoms with Crippen LogP contribution in [-0.4, -0.2) is 58.5 Å². The fourth-order valence-corrected chi connectivity index (χ4v) is 4.34. The maximum atomic E-state index is 10.6. The van der Waals surface area contributed by atoms with E-state index in [0.717, 1.165) is 45.5 Å². The Morgan fingerprint density at radius 2 is 1.97 bits per heavy atom. The van der Waals surface area contributed by atoms with Crippen LogP contribution in [-0.2, 0) is 27.4 Å². The van der Waals surface area contributed by atoms with Crippen LogP contribution >= 0.6 is 11.3 Å². The first-order valence-corrected chi connectivity index (χ1v) is 10.8. The molecule has 0 radical (unpaired) electrons. The minimum Gasteiger partial charge on any atom is -0.475 e. The summed E-state index contributed by atoms with van der Waals surface area (Å²) in [5.74, 6) is -2.76. The van der Waals surface area contributed by atoms with E-state index >= 15 is 0 Å². The Balaban J connectivity index is 0.000000339. The molecular formula is C21H25F3N2O4S. The molecule has 4 rings (SSSR count). The molecule has 1 N–H and O–H groups in total. The van der Waals surface area contributed by atoms with Gasteiger partial charge in [0.05, 0.1) is 31.5 Å². The van der Waals surface area contributed by atoms with Gasteiger partial charge in [0.15, 0.2) is 0 Å². The summed E-state index contributed by atoms with van der Waals surface area (Å²) in [5, 5.41) is 10.4. The Bertz CT molecular complexity index is 810. The molecule has 2 saturated heterocycles. The Labute approximate surface area is 182 Å². The van der Waals surface area contributed by atoms with Gasteiger partial charge < -0.3 is 14.6 Å². The van der Waals surface area contributed by atoms with Gasteiger partial charge in [-0.1, -0.05) is 30.3 Å². The van der Waals surface area contributed by atoms with E-state index < -0.39 is 12.1 Å². The summed E-state index contributed by atoms with van der Waals surface area (Å²) >= 11 is 1.74. The summed E-state index contributed by atoms with van der Waals surface area (Å²) in [7, 11) is 0. The van der Waals surface area contributed by atoms with Crippen molar-refractivity contribution >= 4 is 17.3 Å². The van der Waals surface area contributed by atoms with Gasteiger partial charge in [-0.2, -0.15) is 13.2 Å². The SMILES string of the molecule is O=C(O)C(F)(F)F.c1ccc(COC2COC3(CCN(Cc4nccs4)CC3)C2)cc1. The number of thiazole rings is 1. The van der Waals surface area contributed by atoms with Crippen molar-refractivity contribution in [1.29, 1.82) is 0 Å². The second-order valence-electron chi connectivity index (χ2n) is 7.62. The lowest BCUT2D eigenvalue weighted by atomic mass is 9.88. The first-order valence-electron chi connectivity index (χ1n) is 9.96. The maximum Gasteiger partial charge on any atom is 0.490 e. The van der Waals surface area contributed by atoms with Crippen molar-refractivity contribution in [2.24, 2.45) is 0 Å². The number of hydrogen-bond donors (Lipinski definition) is 1. The molecule has 2 aromatic rings. The highest BCUT2D eigenvalue weighted by atomic mass is 32.1. The second-order valence-corrected chi connectivity index (χ2v) is 8.60. The van der Waals surface area contributed by atoms with E-state index in [4.69, 9.17) is 19.4 Å². The highest BCUT2D eigenvalue weighted by Crippen LogP contribution is 2.37. The molecule has 2 aliphatic rings. The lowest BCUT2D eigenvalue weighted by molar-refractivity contribution is -0.192. The first kappa shape index (κ1) is 23.6. The zero-order chi connectivity index (χ0) is 22.3. The molecule has 0 saturated carbocycles. The molecular weight excluding hydrogens is 433 g/mol. The summed E-state index contributed by atoms with van der Waals surface area (Å²) in [4.78, 5) is 15.8. The number of rotatable bonds is 5. The lowest BCUT2D eigenvalue weighted by Gasteiger charge is -2.38. The van der Waals surface area contributed by atoms with Crippen molar-refractivity contribution in [3.05, 3.63) is 52.5 Å². The smallest absolute Gasteiger partial charge is 0.475 e. The van der Waals surface area contributed by atoms with E-state index in [-0.39, 0.29) is 11.7 Å². The number of halogens is 3. The van der Waals surface area contributed by atoms with Gasteiger partial charge in [-0.15, -0.1) is 11.3 Å². The fraction of sp³-hybridized carbons (Fsp3) is 0.524. The van der Waals surface area contributed by atoms with Crippen LogP contribution in [0.15, 0.2) is 41.9 Å². The van der Waals surface area contributed by atoms with Crippen LogP contribution < -0.4 is 0 Å². The average Bonchev–Trinajstić information content (AvgIpc) is 3.39. The molecule has 0 amide bonds. The Morgan fingerprint density at radius 3 is 2.55 bits per heavy atom. The molecule has 2 aliphatic heterocycles. The highest BCUT2D eigenvalue weighted by molar-refractivity contribution is 7.09. The number of benzene rings is 1. The summed E-state index contributed by atoms with van der Waals surface area (Å²) in [6, 6.07) is 10.4. The Kier molecular flexibility index (Phi) is 8.04. The Hall–Kier alpha value is -2.01. The third-order valence-electron chi connectivity index (χ3n) is 5.36. The van der Waals surface area contributed by atoms with Crippen LogP contribution in [0.25, 0.3) is 0 Å². The van der Waals surface area contributed by atoms with Gasteiger partial charge in [0.1, 0.15) is 5.01 Å². The minimum atomic E-state index is -5.08. The summed E-state index contributed by atoms with van der Waals surface area (Å²) < 4.78 is 44.0. The number of nitrogens with zero attached hydrogens (tertiary/aromatic N) is 2. The van der Waals surface area contributed by atoms with Crippen molar-refractivity contribution in [3.8, 4) is 0 Å². The van der Waals surface area contributed by atoms with Crippen molar-refractivity contribution in [2.45, 2.75) is 50.3 Å². The molecule has 0 aliphatic carbocycles. The zero-order valence-electron chi connectivity index (χ0n) is 16.9. The lowest BCUT2D eigenvalue weighted by Crippen LogP contribution is -2.43. The molecule has 1 aromatic carbocycles. The fourth-order valence-electron chi connectivity index (χ4n) is 3.69. The summed E-state index contributed by atoms with van der Waals surface area (Å²) in [5.41, 5.74) is 1.28. The zero-order valence-corrected chi connectivity index (χ0v) is 17.7. The van der Waals surface area contributed by atoms with Crippen LogP contribution in [0.4, 0.5) is 13.2 Å². The predicted octanol–water partition coefficient (Wildman–Crippen LogP) is 4.12. The standard InChI is InChI=1S/C19H24N2O2S.C2HF3O2/c1-2-4-16(5-3-1)14-22-17-12-19(23-15-17)6-9-21(10-7-19)13-18-20-8-11-24-18;3-2(4,5)1(6)7/h1-5,8,11,17H,6-7,9-10,12-15H2;(H,6,7). The van der Waals surface area contributed by atoms with Crippen LogP contribution in [0.1, 0.15) is 29.8 Å². The second kappa shape index (κ2) is 10.5. The highest BCUT2D eigenvalue weighted by Gasteiger charge is 2.43. The topological polar surface area (TPSA) is 71.9 Å². The largest absolute Gasteiger partial charge is 0.490 e. The van der Waals surface area contributed by atoms with E-state index in [1.54, 1.807) is 11.3 Å². The first-order chi connectivity index (χ1) is 14.8. The predicted molar refractivity (Wildman–Crippen MR) is 109 cm³/mol. The average molecular weight is 459 g/mol. The number of ether oxygens (including phenoxy) is 2. The molecule has 1 spiro atoms. The van der Waals surface area contributed by atoms with E-state index in [0.29, 0.717) is 6.61 Å². The summed E-state index contributed by atoms with van der Waals surface area (Å²) in [6.45, 7) is 4.57. The number of carboxylic acid groups (broad SMARTS) is 1. The number of piperidine rings is 1. The molecule has 1 unspecified atom stereocenters. The van der Waals surface area contributed by atoms with Crippen LogP contribution in [0.3, 0.4) is 0 Å². The number of aromatic nitrogens is 1. The van der Waals surface area contributed by atoms with Gasteiger partial charge in [-0.25, -0.2) is 9.78 Å². The van der Waals surface area contributed by atoms with Crippen molar-refractivity contribution in [1.82, 2.24) is 9.88 Å². The molecule has 2 fully saturated rings. The molecule has 31 heavy (non-hydrogen) atoms. The number of likely N-dealkylation sites (tertiary alicyclic amines) is 1. The van der Waals surface area contributed by atoms with Crippen LogP contribution in [0.2, 0.25) is 0 Å². The van der Waals surface area contributed by atoms with E-state index in [1.807, 2.05) is 12.3 Å². The third kappa shape index (κ3) is 7.27. The maximum absolute atomic E-state index is 10.6. The van der Waals surface area contributed by atoms with Crippen molar-refractivity contribution in [2.75, 3.05) is 19.7 Å². The third-order valence-corrected chi connectivity index (χ3v) is 6.12. The van der Waals surface area contributed by atoms with E-state index in [9.17, 15) is 13.2 Å². The molecule has 3 heterocycles. The van der Waals surface area contributed by atoms with Gasteiger partial charge in [0.2, 0.25) is 0 Å². The molecule has 10 heteroatoms. The minimum absolute atomic E-state index is 0.0424.